The molecule has 102 valence electrons. The van der Waals surface area contributed by atoms with E-state index in [-0.39, 0.29) is 12.3 Å². The van der Waals surface area contributed by atoms with Crippen LogP contribution in [0, 0.1) is 0 Å². The van der Waals surface area contributed by atoms with E-state index in [0.29, 0.717) is 13.2 Å². The van der Waals surface area contributed by atoms with Crippen LogP contribution in [-0.2, 0) is 14.3 Å². The zero-order chi connectivity index (χ0) is 13.9. The van der Waals surface area contributed by atoms with Crippen molar-refractivity contribution in [2.45, 2.75) is 6.42 Å². The zero-order valence-electron chi connectivity index (χ0n) is 10.8. The van der Waals surface area contributed by atoms with Crippen LogP contribution in [0.4, 0.5) is 0 Å². The summed E-state index contributed by atoms with van der Waals surface area (Å²) in [5.74, 6) is -0.813. The van der Waals surface area contributed by atoms with Gasteiger partial charge in [-0.3, -0.25) is 9.59 Å². The van der Waals surface area contributed by atoms with Crippen molar-refractivity contribution in [3.63, 3.8) is 0 Å². The van der Waals surface area contributed by atoms with Crippen molar-refractivity contribution in [3.8, 4) is 0 Å². The highest BCUT2D eigenvalue weighted by Crippen LogP contribution is 1.93. The van der Waals surface area contributed by atoms with Crippen molar-refractivity contribution in [3.05, 3.63) is 35.9 Å². The maximum atomic E-state index is 11.4. The molecule has 6 nitrogen and oxygen atoms in total. The fourth-order valence-corrected chi connectivity index (χ4v) is 1.26. The van der Waals surface area contributed by atoms with Gasteiger partial charge in [-0.25, -0.2) is 5.43 Å². The van der Waals surface area contributed by atoms with Crippen LogP contribution in [0.1, 0.15) is 12.0 Å². The molecule has 0 spiro atoms. The molecule has 19 heavy (non-hydrogen) atoms. The Hall–Kier alpha value is -2.21. The number of benzene rings is 1. The maximum Gasteiger partial charge on any atom is 0.249 e. The molecule has 1 aromatic rings. The van der Waals surface area contributed by atoms with Crippen molar-refractivity contribution in [1.29, 1.82) is 0 Å². The number of amides is 2. The second-order valence-electron chi connectivity index (χ2n) is 3.72. The van der Waals surface area contributed by atoms with E-state index in [9.17, 15) is 9.59 Å². The number of ether oxygens (including phenoxy) is 1. The molecule has 0 radical (unpaired) electrons. The zero-order valence-corrected chi connectivity index (χ0v) is 10.8. The fourth-order valence-electron chi connectivity index (χ4n) is 1.26. The summed E-state index contributed by atoms with van der Waals surface area (Å²) in [6, 6.07) is 9.33. The lowest BCUT2D eigenvalue weighted by Gasteiger charge is -2.03. The van der Waals surface area contributed by atoms with E-state index in [0.717, 1.165) is 5.56 Å². The summed E-state index contributed by atoms with van der Waals surface area (Å²) in [6.45, 7) is 0.801. The number of hydrogen-bond acceptors (Lipinski definition) is 4. The Morgan fingerprint density at radius 1 is 1.26 bits per heavy atom. The molecule has 2 N–H and O–H groups in total. The Bertz CT molecular complexity index is 432. The van der Waals surface area contributed by atoms with E-state index in [4.69, 9.17) is 4.74 Å². The number of nitrogens with one attached hydrogen (secondary N) is 2. The van der Waals surface area contributed by atoms with Gasteiger partial charge in [0.2, 0.25) is 11.8 Å². The normalized spacial score (nSPS) is 10.4. The van der Waals surface area contributed by atoms with E-state index in [1.54, 1.807) is 0 Å². The minimum absolute atomic E-state index is 0.254. The third-order valence-electron chi connectivity index (χ3n) is 2.15. The fraction of sp³-hybridized carbons (Fsp3) is 0.308. The molecule has 2 amide bonds. The number of methoxy groups -OCH3 is 1. The molecule has 0 atom stereocenters. The van der Waals surface area contributed by atoms with Gasteiger partial charge in [-0.1, -0.05) is 30.3 Å². The monoisotopic (exact) mass is 263 g/mol. The highest BCUT2D eigenvalue weighted by atomic mass is 16.5. The van der Waals surface area contributed by atoms with Crippen LogP contribution in [0.15, 0.2) is 35.4 Å². The van der Waals surface area contributed by atoms with Crippen LogP contribution in [0.5, 0.6) is 0 Å². The number of hydrazone groups is 1. The predicted molar refractivity (Wildman–Crippen MR) is 71.7 cm³/mol. The van der Waals surface area contributed by atoms with Gasteiger partial charge < -0.3 is 10.1 Å². The molecule has 0 bridgehead atoms. The van der Waals surface area contributed by atoms with Crippen LogP contribution in [-0.4, -0.2) is 38.3 Å². The lowest BCUT2D eigenvalue weighted by Crippen LogP contribution is -2.31. The molecule has 1 aromatic carbocycles. The first-order valence-corrected chi connectivity index (χ1v) is 5.85. The van der Waals surface area contributed by atoms with Gasteiger partial charge in [0.05, 0.1) is 12.8 Å². The first kappa shape index (κ1) is 14.8. The molecule has 0 saturated carbocycles. The summed E-state index contributed by atoms with van der Waals surface area (Å²) in [6.07, 6.45) is 1.26. The average molecular weight is 263 g/mol. The highest BCUT2D eigenvalue weighted by Gasteiger charge is 2.07. The molecule has 1 rings (SSSR count). The SMILES string of the molecule is COCCNC(=O)CC(=O)N/N=C/c1ccccc1. The summed E-state index contributed by atoms with van der Waals surface area (Å²) in [5.41, 5.74) is 3.16. The van der Waals surface area contributed by atoms with Gasteiger partial charge in [0.15, 0.2) is 0 Å². The second-order valence-corrected chi connectivity index (χ2v) is 3.72. The lowest BCUT2D eigenvalue weighted by molar-refractivity contribution is -0.129. The van der Waals surface area contributed by atoms with E-state index in [1.807, 2.05) is 30.3 Å². The van der Waals surface area contributed by atoms with Crippen molar-refractivity contribution in [2.24, 2.45) is 5.10 Å². The summed E-state index contributed by atoms with van der Waals surface area (Å²) in [5, 5.41) is 6.31. The number of rotatable bonds is 7. The van der Waals surface area contributed by atoms with Crippen LogP contribution in [0.25, 0.3) is 0 Å². The Kier molecular flexibility index (Phi) is 6.89. The van der Waals surface area contributed by atoms with Crippen molar-refractivity contribution in [2.75, 3.05) is 20.3 Å². The highest BCUT2D eigenvalue weighted by molar-refractivity contribution is 5.97. The van der Waals surface area contributed by atoms with E-state index < -0.39 is 5.91 Å². The molecule has 0 saturated heterocycles. The third kappa shape index (κ3) is 6.95. The summed E-state index contributed by atoms with van der Waals surface area (Å²) in [4.78, 5) is 22.6. The largest absolute Gasteiger partial charge is 0.383 e. The molecule has 0 aliphatic rings. The molecule has 0 aliphatic heterocycles. The maximum absolute atomic E-state index is 11.4. The Morgan fingerprint density at radius 3 is 2.68 bits per heavy atom. The molecular formula is C13H17N3O3. The van der Waals surface area contributed by atoms with Crippen LogP contribution < -0.4 is 10.7 Å². The topological polar surface area (TPSA) is 79.8 Å². The third-order valence-corrected chi connectivity index (χ3v) is 2.15. The van der Waals surface area contributed by atoms with E-state index in [1.165, 1.54) is 13.3 Å². The van der Waals surface area contributed by atoms with Gasteiger partial charge in [-0.15, -0.1) is 0 Å². The minimum Gasteiger partial charge on any atom is -0.383 e. The molecule has 0 unspecified atom stereocenters. The first-order chi connectivity index (χ1) is 9.22. The van der Waals surface area contributed by atoms with Gasteiger partial charge in [-0.05, 0) is 5.56 Å². The Balaban J connectivity index is 2.24. The van der Waals surface area contributed by atoms with E-state index >= 15 is 0 Å². The first-order valence-electron chi connectivity index (χ1n) is 5.85. The van der Waals surface area contributed by atoms with Crippen molar-refractivity contribution in [1.82, 2.24) is 10.7 Å². The van der Waals surface area contributed by atoms with Gasteiger partial charge >= 0.3 is 0 Å². The summed E-state index contributed by atoms with van der Waals surface area (Å²) >= 11 is 0. The number of hydrogen-bond donors (Lipinski definition) is 2. The quantitative estimate of drug-likeness (QED) is 0.321. The molecule has 0 aliphatic carbocycles. The predicted octanol–water partition coefficient (Wildman–Crippen LogP) is 0.289. The van der Waals surface area contributed by atoms with Gasteiger partial charge in [-0.2, -0.15) is 5.10 Å². The van der Waals surface area contributed by atoms with Crippen molar-refractivity contribution < 1.29 is 14.3 Å². The Labute approximate surface area is 111 Å². The second kappa shape index (κ2) is 8.82. The summed E-state index contributed by atoms with van der Waals surface area (Å²) < 4.78 is 4.77. The lowest BCUT2D eigenvalue weighted by atomic mass is 10.2. The van der Waals surface area contributed by atoms with Crippen molar-refractivity contribution >= 4 is 18.0 Å². The standard InChI is InChI=1S/C13H17N3O3/c1-19-8-7-14-12(17)9-13(18)16-15-10-11-5-3-2-4-6-11/h2-6,10H,7-9H2,1H3,(H,14,17)(H,16,18)/b15-10+. The number of nitrogens with zero attached hydrogens (tertiary/aromatic N) is 1. The molecule has 0 fully saturated rings. The molecule has 6 heteroatoms. The van der Waals surface area contributed by atoms with Gasteiger partial charge in [0.1, 0.15) is 6.42 Å². The average Bonchev–Trinajstić information content (AvgIpc) is 2.40. The van der Waals surface area contributed by atoms with Crippen LogP contribution in [0.2, 0.25) is 0 Å². The van der Waals surface area contributed by atoms with Crippen LogP contribution in [0.3, 0.4) is 0 Å². The Morgan fingerprint density at radius 2 is 2.00 bits per heavy atom. The minimum atomic E-state index is -0.456. The van der Waals surface area contributed by atoms with E-state index in [2.05, 4.69) is 15.8 Å². The summed E-state index contributed by atoms with van der Waals surface area (Å²) in [7, 11) is 1.54. The molecule has 0 heterocycles. The van der Waals surface area contributed by atoms with Gasteiger partial charge in [0, 0.05) is 13.7 Å². The van der Waals surface area contributed by atoms with Crippen LogP contribution >= 0.6 is 0 Å². The molecule has 0 aromatic heterocycles. The molecular weight excluding hydrogens is 246 g/mol. The number of carbonyl (C=O) groups excluding carboxylic acids is 2. The smallest absolute Gasteiger partial charge is 0.249 e. The number of carbonyl (C=O) groups is 2. The van der Waals surface area contributed by atoms with Gasteiger partial charge in [0.25, 0.3) is 0 Å².